The van der Waals surface area contributed by atoms with Crippen molar-refractivity contribution in [3.63, 3.8) is 0 Å². The summed E-state index contributed by atoms with van der Waals surface area (Å²) < 4.78 is 0. The summed E-state index contributed by atoms with van der Waals surface area (Å²) in [4.78, 5) is 23.5. The number of carboxylic acid groups (broad SMARTS) is 1. The predicted molar refractivity (Wildman–Crippen MR) is 83.2 cm³/mol. The number of carbonyl (C=O) groups excluding carboxylic acids is 1. The van der Waals surface area contributed by atoms with Crippen LogP contribution in [-0.2, 0) is 9.59 Å². The fraction of sp³-hybridized carbons (Fsp3) is 0.684. The maximum atomic E-state index is 12.3. The Hall–Kier alpha value is -1.38. The number of Topliss-reactive ketones (excluding diaryl/α,β-unsaturated/α-hetero) is 1. The summed E-state index contributed by atoms with van der Waals surface area (Å²) in [5, 5.41) is 9.21. The van der Waals surface area contributed by atoms with Gasteiger partial charge in [0.1, 0.15) is 5.78 Å². The maximum absolute atomic E-state index is 12.3. The number of ketones is 1. The molecule has 0 unspecified atom stereocenters. The van der Waals surface area contributed by atoms with E-state index in [4.69, 9.17) is 0 Å². The van der Waals surface area contributed by atoms with E-state index in [9.17, 15) is 14.7 Å². The van der Waals surface area contributed by atoms with Crippen molar-refractivity contribution in [3.8, 4) is 0 Å². The van der Waals surface area contributed by atoms with Crippen LogP contribution in [0.3, 0.4) is 0 Å². The molecule has 4 aliphatic rings. The van der Waals surface area contributed by atoms with Crippen molar-refractivity contribution in [2.24, 2.45) is 29.1 Å². The molecule has 3 heteroatoms. The Labute approximate surface area is 131 Å². The first-order chi connectivity index (χ1) is 10.5. The Balaban J connectivity index is 1.65. The minimum atomic E-state index is -0.765. The molecule has 4 aliphatic carbocycles. The lowest BCUT2D eigenvalue weighted by Crippen LogP contribution is -2.45. The van der Waals surface area contributed by atoms with Crippen LogP contribution < -0.4 is 0 Å². The molecule has 0 heterocycles. The molecule has 1 N–H and O–H groups in total. The largest absolute Gasteiger partial charge is 0.478 e. The van der Waals surface area contributed by atoms with E-state index in [1.807, 2.05) is 6.08 Å². The van der Waals surface area contributed by atoms with Gasteiger partial charge in [0.05, 0.1) is 0 Å². The third kappa shape index (κ3) is 1.87. The van der Waals surface area contributed by atoms with Gasteiger partial charge in [-0.05, 0) is 73.8 Å². The van der Waals surface area contributed by atoms with Crippen LogP contribution in [0.4, 0.5) is 0 Å². The number of allylic oxidation sites excluding steroid dienone is 3. The molecule has 2 saturated carbocycles. The molecule has 5 atom stereocenters. The quantitative estimate of drug-likeness (QED) is 0.802. The van der Waals surface area contributed by atoms with E-state index in [0.717, 1.165) is 38.5 Å². The van der Waals surface area contributed by atoms with Crippen LogP contribution in [0, 0.1) is 29.1 Å². The number of fused-ring (bicyclic) bond motifs is 5. The number of rotatable bonds is 1. The van der Waals surface area contributed by atoms with E-state index in [-0.39, 0.29) is 5.41 Å². The zero-order valence-electron chi connectivity index (χ0n) is 13.2. The van der Waals surface area contributed by atoms with E-state index >= 15 is 0 Å². The molecule has 0 aromatic rings. The van der Waals surface area contributed by atoms with E-state index in [1.54, 1.807) is 0 Å². The molecular weight excluding hydrogens is 276 g/mol. The van der Waals surface area contributed by atoms with Crippen LogP contribution >= 0.6 is 0 Å². The van der Waals surface area contributed by atoms with Crippen LogP contribution in [0.1, 0.15) is 51.9 Å². The van der Waals surface area contributed by atoms with Crippen LogP contribution in [0.25, 0.3) is 0 Å². The van der Waals surface area contributed by atoms with Crippen molar-refractivity contribution in [1.29, 1.82) is 0 Å². The highest BCUT2D eigenvalue weighted by Crippen LogP contribution is 2.59. The van der Waals surface area contributed by atoms with Gasteiger partial charge in [-0.3, -0.25) is 4.79 Å². The summed E-state index contributed by atoms with van der Waals surface area (Å²) in [6.07, 6.45) is 10.9. The Morgan fingerprint density at radius 1 is 1.23 bits per heavy atom. The molecule has 118 valence electrons. The summed E-state index contributed by atoms with van der Waals surface area (Å²) in [6, 6.07) is 0. The summed E-state index contributed by atoms with van der Waals surface area (Å²) in [5.41, 5.74) is 1.76. The lowest BCUT2D eigenvalue weighted by molar-refractivity contribution is -0.133. The Kier molecular flexibility index (Phi) is 3.11. The normalized spacial score (nSPS) is 43.6. The lowest BCUT2D eigenvalue weighted by atomic mass is 9.53. The van der Waals surface area contributed by atoms with Gasteiger partial charge in [0.15, 0.2) is 0 Å². The van der Waals surface area contributed by atoms with E-state index in [1.165, 1.54) is 5.57 Å². The minimum absolute atomic E-state index is 0.0662. The number of carboxylic acids is 1. The van der Waals surface area contributed by atoms with Gasteiger partial charge < -0.3 is 5.11 Å². The van der Waals surface area contributed by atoms with Gasteiger partial charge in [0, 0.05) is 17.4 Å². The van der Waals surface area contributed by atoms with Crippen molar-refractivity contribution in [2.45, 2.75) is 51.9 Å². The summed E-state index contributed by atoms with van der Waals surface area (Å²) in [5.74, 6) is 2.11. The molecular formula is C19H24O3. The van der Waals surface area contributed by atoms with E-state index < -0.39 is 5.97 Å². The van der Waals surface area contributed by atoms with E-state index in [0.29, 0.717) is 41.4 Å². The summed E-state index contributed by atoms with van der Waals surface area (Å²) in [7, 11) is 0. The molecule has 3 nitrogen and oxygen atoms in total. The highest BCUT2D eigenvalue weighted by Gasteiger charge is 2.55. The lowest BCUT2D eigenvalue weighted by Gasteiger charge is -2.50. The van der Waals surface area contributed by atoms with Gasteiger partial charge in [-0.25, -0.2) is 4.79 Å². The van der Waals surface area contributed by atoms with Gasteiger partial charge in [-0.2, -0.15) is 0 Å². The molecule has 0 aromatic carbocycles. The Morgan fingerprint density at radius 3 is 2.82 bits per heavy atom. The van der Waals surface area contributed by atoms with Crippen molar-refractivity contribution < 1.29 is 14.7 Å². The second-order valence-corrected chi connectivity index (χ2v) is 7.91. The van der Waals surface area contributed by atoms with Crippen LogP contribution in [-0.4, -0.2) is 16.9 Å². The van der Waals surface area contributed by atoms with Gasteiger partial charge in [0.2, 0.25) is 0 Å². The zero-order valence-corrected chi connectivity index (χ0v) is 13.2. The standard InChI is InChI=1S/C19H24O3/c1-19-9-8-14-13-4-3-12(18(21)22)10-11(13)2-5-15(14)16(19)6-7-17(19)20/h2,10,13-16H,3-9H2,1H3,(H,21,22)/t13-,14+,15+,16-,19-/m0/s1. The average Bonchev–Trinajstić information content (AvgIpc) is 2.82. The molecule has 22 heavy (non-hydrogen) atoms. The molecule has 0 aliphatic heterocycles. The van der Waals surface area contributed by atoms with Crippen molar-refractivity contribution in [2.75, 3.05) is 0 Å². The van der Waals surface area contributed by atoms with Crippen molar-refractivity contribution >= 4 is 11.8 Å². The number of hydrogen-bond donors (Lipinski definition) is 1. The monoisotopic (exact) mass is 300 g/mol. The molecule has 4 rings (SSSR count). The fourth-order valence-corrected chi connectivity index (χ4v) is 5.90. The van der Waals surface area contributed by atoms with Gasteiger partial charge in [-0.1, -0.05) is 13.0 Å². The number of hydrogen-bond acceptors (Lipinski definition) is 2. The summed E-state index contributed by atoms with van der Waals surface area (Å²) >= 11 is 0. The minimum Gasteiger partial charge on any atom is -0.478 e. The average molecular weight is 300 g/mol. The fourth-order valence-electron chi connectivity index (χ4n) is 5.90. The Morgan fingerprint density at radius 2 is 2.05 bits per heavy atom. The highest BCUT2D eigenvalue weighted by atomic mass is 16.4. The topological polar surface area (TPSA) is 54.4 Å². The first-order valence-electron chi connectivity index (χ1n) is 8.68. The zero-order chi connectivity index (χ0) is 15.5. The molecule has 0 spiro atoms. The third-order valence-electron chi connectivity index (χ3n) is 7.11. The molecule has 2 fully saturated rings. The third-order valence-corrected chi connectivity index (χ3v) is 7.11. The molecule has 0 amide bonds. The van der Waals surface area contributed by atoms with Crippen LogP contribution in [0.5, 0.6) is 0 Å². The maximum Gasteiger partial charge on any atom is 0.331 e. The second kappa shape index (κ2) is 4.81. The number of aliphatic carboxylic acids is 1. The van der Waals surface area contributed by atoms with Crippen molar-refractivity contribution in [3.05, 3.63) is 23.3 Å². The highest BCUT2D eigenvalue weighted by molar-refractivity contribution is 5.88. The molecule has 0 saturated heterocycles. The smallest absolute Gasteiger partial charge is 0.331 e. The first-order valence-corrected chi connectivity index (χ1v) is 8.68. The molecule has 0 aromatic heterocycles. The van der Waals surface area contributed by atoms with Crippen LogP contribution in [0.15, 0.2) is 23.3 Å². The molecule has 0 bridgehead atoms. The van der Waals surface area contributed by atoms with Crippen molar-refractivity contribution in [1.82, 2.24) is 0 Å². The van der Waals surface area contributed by atoms with Crippen LogP contribution in [0.2, 0.25) is 0 Å². The van der Waals surface area contributed by atoms with E-state index in [2.05, 4.69) is 13.0 Å². The van der Waals surface area contributed by atoms with Gasteiger partial charge in [-0.15, -0.1) is 0 Å². The predicted octanol–water partition coefficient (Wildman–Crippen LogP) is 3.75. The Bertz CT molecular complexity index is 600. The van der Waals surface area contributed by atoms with Gasteiger partial charge >= 0.3 is 5.97 Å². The van der Waals surface area contributed by atoms with Gasteiger partial charge in [0.25, 0.3) is 0 Å². The summed E-state index contributed by atoms with van der Waals surface area (Å²) in [6.45, 7) is 2.20. The SMILES string of the molecule is C[C@]12CC[C@H]3[C@@H](CC=C4C=C(C(=O)O)CC[C@@H]43)[C@@H]1CCC2=O. The number of carbonyl (C=O) groups is 2. The second-order valence-electron chi connectivity index (χ2n) is 7.91. The first kappa shape index (κ1) is 14.2. The molecule has 0 radical (unpaired) electrons.